The highest BCUT2D eigenvalue weighted by Gasteiger charge is 2.28. The third-order valence-electron chi connectivity index (χ3n) is 3.27. The van der Waals surface area contributed by atoms with Crippen LogP contribution in [0.15, 0.2) is 36.9 Å². The van der Waals surface area contributed by atoms with Crippen molar-refractivity contribution in [1.82, 2.24) is 5.32 Å². The maximum atomic E-state index is 12.1. The number of aliphatic carboxylic acids is 1. The lowest BCUT2D eigenvalue weighted by atomic mass is 9.95. The van der Waals surface area contributed by atoms with Crippen LogP contribution < -0.4 is 10.1 Å². The number of amides is 1. The summed E-state index contributed by atoms with van der Waals surface area (Å²) < 4.78 is 5.53. The summed E-state index contributed by atoms with van der Waals surface area (Å²) in [4.78, 5) is 23.1. The van der Waals surface area contributed by atoms with Gasteiger partial charge in [0, 0.05) is 0 Å². The van der Waals surface area contributed by atoms with E-state index in [1.807, 2.05) is 24.3 Å². The standard InChI is InChI=1S/C15H17NO4/c1-2-5-12(15(18)19)16-14(17)11-8-10-6-3-4-7-13(10)20-9-11/h2-4,6-7,11-12H,1,5,8-9H2,(H,16,17)(H,18,19). The van der Waals surface area contributed by atoms with Gasteiger partial charge in [0.15, 0.2) is 0 Å². The van der Waals surface area contributed by atoms with Crippen molar-refractivity contribution in [2.24, 2.45) is 5.92 Å². The summed E-state index contributed by atoms with van der Waals surface area (Å²) >= 11 is 0. The Bertz CT molecular complexity index is 526. The highest BCUT2D eigenvalue weighted by atomic mass is 16.5. The van der Waals surface area contributed by atoms with Crippen LogP contribution in [0.1, 0.15) is 12.0 Å². The van der Waals surface area contributed by atoms with E-state index in [-0.39, 0.29) is 24.9 Å². The number of fused-ring (bicyclic) bond motifs is 1. The van der Waals surface area contributed by atoms with Crippen molar-refractivity contribution in [3.63, 3.8) is 0 Å². The fourth-order valence-electron chi connectivity index (χ4n) is 2.17. The van der Waals surface area contributed by atoms with Gasteiger partial charge in [-0.3, -0.25) is 4.79 Å². The zero-order chi connectivity index (χ0) is 14.5. The van der Waals surface area contributed by atoms with Crippen LogP contribution in [0.2, 0.25) is 0 Å². The minimum absolute atomic E-state index is 0.200. The number of ether oxygens (including phenoxy) is 1. The molecule has 1 heterocycles. The first-order chi connectivity index (χ1) is 9.61. The average Bonchev–Trinajstić information content (AvgIpc) is 2.46. The number of hydrogen-bond acceptors (Lipinski definition) is 3. The summed E-state index contributed by atoms with van der Waals surface area (Å²) in [7, 11) is 0. The van der Waals surface area contributed by atoms with E-state index >= 15 is 0 Å². The van der Waals surface area contributed by atoms with Gasteiger partial charge >= 0.3 is 5.97 Å². The number of para-hydroxylation sites is 1. The molecule has 0 saturated heterocycles. The number of rotatable bonds is 5. The lowest BCUT2D eigenvalue weighted by molar-refractivity contribution is -0.142. The fraction of sp³-hybridized carbons (Fsp3) is 0.333. The molecule has 0 spiro atoms. The molecule has 0 aliphatic carbocycles. The Hall–Kier alpha value is -2.30. The van der Waals surface area contributed by atoms with Crippen LogP contribution >= 0.6 is 0 Å². The van der Waals surface area contributed by atoms with Gasteiger partial charge in [0.05, 0.1) is 5.92 Å². The number of benzene rings is 1. The van der Waals surface area contributed by atoms with Crippen molar-refractivity contribution in [2.75, 3.05) is 6.61 Å². The second-order valence-electron chi connectivity index (χ2n) is 4.74. The molecule has 0 bridgehead atoms. The molecular formula is C15H17NO4. The first-order valence-electron chi connectivity index (χ1n) is 6.46. The molecule has 0 saturated carbocycles. The van der Waals surface area contributed by atoms with Gasteiger partial charge in [-0.2, -0.15) is 0 Å². The van der Waals surface area contributed by atoms with Gasteiger partial charge in [-0.25, -0.2) is 4.79 Å². The zero-order valence-corrected chi connectivity index (χ0v) is 11.0. The molecule has 106 valence electrons. The Morgan fingerprint density at radius 3 is 2.95 bits per heavy atom. The number of carboxylic acid groups (broad SMARTS) is 1. The number of carbonyl (C=O) groups is 2. The molecule has 0 fully saturated rings. The maximum Gasteiger partial charge on any atom is 0.326 e. The molecule has 0 aromatic heterocycles. The summed E-state index contributed by atoms with van der Waals surface area (Å²) in [6.45, 7) is 3.76. The Labute approximate surface area is 117 Å². The first-order valence-corrected chi connectivity index (χ1v) is 6.46. The minimum atomic E-state index is -1.06. The summed E-state index contributed by atoms with van der Waals surface area (Å²) in [5.41, 5.74) is 0.967. The molecule has 0 radical (unpaired) electrons. The van der Waals surface area contributed by atoms with E-state index in [0.29, 0.717) is 6.42 Å². The summed E-state index contributed by atoms with van der Waals surface area (Å²) in [5, 5.41) is 11.5. The monoisotopic (exact) mass is 275 g/mol. The number of hydrogen-bond donors (Lipinski definition) is 2. The smallest absolute Gasteiger partial charge is 0.326 e. The summed E-state index contributed by atoms with van der Waals surface area (Å²) in [6, 6.07) is 6.61. The van der Waals surface area contributed by atoms with Gasteiger partial charge in [-0.1, -0.05) is 24.3 Å². The number of carboxylic acids is 1. The molecule has 2 unspecified atom stereocenters. The van der Waals surface area contributed by atoms with Gasteiger partial charge < -0.3 is 15.2 Å². The fourth-order valence-corrected chi connectivity index (χ4v) is 2.17. The third-order valence-corrected chi connectivity index (χ3v) is 3.27. The van der Waals surface area contributed by atoms with Gasteiger partial charge in [-0.15, -0.1) is 6.58 Å². The molecule has 2 rings (SSSR count). The van der Waals surface area contributed by atoms with Crippen LogP contribution in [-0.4, -0.2) is 29.6 Å². The van der Waals surface area contributed by atoms with Gasteiger partial charge in [-0.05, 0) is 24.5 Å². The Morgan fingerprint density at radius 1 is 1.50 bits per heavy atom. The second kappa shape index (κ2) is 6.23. The molecule has 2 N–H and O–H groups in total. The molecule has 1 aliphatic heterocycles. The maximum absolute atomic E-state index is 12.1. The van der Waals surface area contributed by atoms with Crippen molar-refractivity contribution in [1.29, 1.82) is 0 Å². The minimum Gasteiger partial charge on any atom is -0.492 e. The predicted octanol–water partition coefficient (Wildman–Crippen LogP) is 1.38. The van der Waals surface area contributed by atoms with E-state index < -0.39 is 12.0 Å². The lowest BCUT2D eigenvalue weighted by Crippen LogP contribution is -2.45. The highest BCUT2D eigenvalue weighted by molar-refractivity contribution is 5.85. The zero-order valence-electron chi connectivity index (χ0n) is 11.0. The molecule has 1 aliphatic rings. The van der Waals surface area contributed by atoms with E-state index in [2.05, 4.69) is 11.9 Å². The van der Waals surface area contributed by atoms with Gasteiger partial charge in [0.2, 0.25) is 5.91 Å². The quantitative estimate of drug-likeness (QED) is 0.796. The van der Waals surface area contributed by atoms with Crippen LogP contribution in [0.4, 0.5) is 0 Å². The van der Waals surface area contributed by atoms with Crippen molar-refractivity contribution < 1.29 is 19.4 Å². The number of nitrogens with one attached hydrogen (secondary N) is 1. The van der Waals surface area contributed by atoms with E-state index in [0.717, 1.165) is 11.3 Å². The van der Waals surface area contributed by atoms with Gasteiger partial charge in [0.1, 0.15) is 18.4 Å². The molecule has 5 heteroatoms. The van der Waals surface area contributed by atoms with E-state index in [4.69, 9.17) is 9.84 Å². The van der Waals surface area contributed by atoms with E-state index in [9.17, 15) is 9.59 Å². The van der Waals surface area contributed by atoms with Crippen LogP contribution in [0.25, 0.3) is 0 Å². The topological polar surface area (TPSA) is 75.6 Å². The first kappa shape index (κ1) is 14.1. The molecule has 1 amide bonds. The average molecular weight is 275 g/mol. The van der Waals surface area contributed by atoms with E-state index in [1.165, 1.54) is 6.08 Å². The van der Waals surface area contributed by atoms with Crippen molar-refractivity contribution in [2.45, 2.75) is 18.9 Å². The summed E-state index contributed by atoms with van der Waals surface area (Å²) in [6.07, 6.45) is 2.24. The SMILES string of the molecule is C=CCC(NC(=O)C1COc2ccccc2C1)C(=O)O. The van der Waals surface area contributed by atoms with Crippen molar-refractivity contribution in [3.05, 3.63) is 42.5 Å². The van der Waals surface area contributed by atoms with Crippen molar-refractivity contribution in [3.8, 4) is 5.75 Å². The normalized spacial score (nSPS) is 18.3. The number of carbonyl (C=O) groups excluding carboxylic acids is 1. The van der Waals surface area contributed by atoms with Crippen LogP contribution in [0.3, 0.4) is 0 Å². The largest absolute Gasteiger partial charge is 0.492 e. The second-order valence-corrected chi connectivity index (χ2v) is 4.74. The van der Waals surface area contributed by atoms with Crippen LogP contribution in [0.5, 0.6) is 5.75 Å². The Morgan fingerprint density at radius 2 is 2.25 bits per heavy atom. The Balaban J connectivity index is 2.01. The molecule has 2 atom stereocenters. The van der Waals surface area contributed by atoms with Crippen LogP contribution in [-0.2, 0) is 16.0 Å². The van der Waals surface area contributed by atoms with Crippen LogP contribution in [0, 0.1) is 5.92 Å². The predicted molar refractivity (Wildman–Crippen MR) is 73.5 cm³/mol. The molecular weight excluding hydrogens is 258 g/mol. The molecule has 1 aromatic carbocycles. The Kier molecular flexibility index (Phi) is 4.40. The summed E-state index contributed by atoms with van der Waals surface area (Å²) in [5.74, 6) is -0.932. The third kappa shape index (κ3) is 3.17. The van der Waals surface area contributed by atoms with Crippen molar-refractivity contribution >= 4 is 11.9 Å². The molecule has 5 nitrogen and oxygen atoms in total. The van der Waals surface area contributed by atoms with E-state index in [1.54, 1.807) is 0 Å². The van der Waals surface area contributed by atoms with Gasteiger partial charge in [0.25, 0.3) is 0 Å². The highest BCUT2D eigenvalue weighted by Crippen LogP contribution is 2.26. The molecule has 20 heavy (non-hydrogen) atoms. The molecule has 1 aromatic rings. The lowest BCUT2D eigenvalue weighted by Gasteiger charge is -2.25.